The van der Waals surface area contributed by atoms with Crippen molar-refractivity contribution in [2.75, 3.05) is 6.61 Å². The van der Waals surface area contributed by atoms with Gasteiger partial charge in [0.2, 0.25) is 0 Å². The van der Waals surface area contributed by atoms with E-state index in [2.05, 4.69) is 17.1 Å². The van der Waals surface area contributed by atoms with Crippen molar-refractivity contribution in [2.24, 2.45) is 0 Å². The van der Waals surface area contributed by atoms with Crippen molar-refractivity contribution < 1.29 is 9.53 Å². The third-order valence-corrected chi connectivity index (χ3v) is 3.64. The quantitative estimate of drug-likeness (QED) is 0.793. The number of carbonyl (C=O) groups excluding carboxylic acids is 1. The van der Waals surface area contributed by atoms with E-state index < -0.39 is 0 Å². The summed E-state index contributed by atoms with van der Waals surface area (Å²) in [5, 5.41) is 0.946. The molecule has 0 aliphatic carbocycles. The van der Waals surface area contributed by atoms with Crippen LogP contribution in [0.4, 0.5) is 0 Å². The molecular weight excluding hydrogens is 246 g/mol. The van der Waals surface area contributed by atoms with E-state index in [4.69, 9.17) is 4.74 Å². The molecule has 0 bridgehead atoms. The van der Waals surface area contributed by atoms with Gasteiger partial charge in [0.1, 0.15) is 4.88 Å². The number of hydrogen-bond donors (Lipinski definition) is 0. The zero-order valence-corrected chi connectivity index (χ0v) is 11.3. The fraction of sp³-hybridized carbons (Fsp3) is 0.286. The number of carbonyl (C=O) groups is 1. The number of aromatic nitrogens is 1. The number of aryl methyl sites for hydroxylation is 1. The van der Waals surface area contributed by atoms with Crippen LogP contribution in [0.2, 0.25) is 0 Å². The standard InChI is InChI=1S/C14H15NO2S/c1-3-17-14(16)13-10(2)15-12(18-13)9-11-7-5-4-6-8-11/h4-8H,3,9H2,1-2H3. The van der Waals surface area contributed by atoms with E-state index in [-0.39, 0.29) is 5.97 Å². The van der Waals surface area contributed by atoms with Gasteiger partial charge in [-0.15, -0.1) is 11.3 Å². The van der Waals surface area contributed by atoms with Gasteiger partial charge in [-0.1, -0.05) is 30.3 Å². The maximum Gasteiger partial charge on any atom is 0.350 e. The lowest BCUT2D eigenvalue weighted by Gasteiger charge is -1.97. The predicted octanol–water partition coefficient (Wildman–Crippen LogP) is 3.22. The fourth-order valence-corrected chi connectivity index (χ4v) is 2.68. The largest absolute Gasteiger partial charge is 0.462 e. The molecule has 1 aromatic heterocycles. The molecule has 2 rings (SSSR count). The highest BCUT2D eigenvalue weighted by molar-refractivity contribution is 7.13. The van der Waals surface area contributed by atoms with Crippen molar-refractivity contribution in [1.82, 2.24) is 4.98 Å². The molecule has 1 heterocycles. The first-order valence-corrected chi connectivity index (χ1v) is 6.69. The first-order chi connectivity index (χ1) is 8.70. The van der Waals surface area contributed by atoms with E-state index in [1.54, 1.807) is 6.92 Å². The molecule has 0 atom stereocenters. The molecule has 0 N–H and O–H groups in total. The second kappa shape index (κ2) is 5.78. The summed E-state index contributed by atoms with van der Waals surface area (Å²) in [6, 6.07) is 10.1. The topological polar surface area (TPSA) is 39.2 Å². The van der Waals surface area contributed by atoms with Crippen molar-refractivity contribution in [2.45, 2.75) is 20.3 Å². The van der Waals surface area contributed by atoms with Gasteiger partial charge in [-0.2, -0.15) is 0 Å². The number of thiazole rings is 1. The van der Waals surface area contributed by atoms with Crippen LogP contribution in [0.1, 0.15) is 32.9 Å². The van der Waals surface area contributed by atoms with Gasteiger partial charge in [0, 0.05) is 6.42 Å². The molecular formula is C14H15NO2S. The van der Waals surface area contributed by atoms with Gasteiger partial charge in [-0.25, -0.2) is 9.78 Å². The number of ether oxygens (including phenoxy) is 1. The van der Waals surface area contributed by atoms with Crippen molar-refractivity contribution >= 4 is 17.3 Å². The SMILES string of the molecule is CCOC(=O)c1sc(Cc2ccccc2)nc1C. The van der Waals surface area contributed by atoms with Gasteiger partial charge in [-0.05, 0) is 19.4 Å². The summed E-state index contributed by atoms with van der Waals surface area (Å²) >= 11 is 1.42. The van der Waals surface area contributed by atoms with Crippen LogP contribution in [0.3, 0.4) is 0 Å². The summed E-state index contributed by atoms with van der Waals surface area (Å²) in [4.78, 5) is 16.7. The van der Waals surface area contributed by atoms with Crippen LogP contribution < -0.4 is 0 Å². The lowest BCUT2D eigenvalue weighted by Crippen LogP contribution is -2.03. The summed E-state index contributed by atoms with van der Waals surface area (Å²) < 4.78 is 5.00. The van der Waals surface area contributed by atoms with Crippen LogP contribution in [0.5, 0.6) is 0 Å². The number of esters is 1. The summed E-state index contributed by atoms with van der Waals surface area (Å²) in [7, 11) is 0. The second-order valence-electron chi connectivity index (χ2n) is 3.90. The van der Waals surface area contributed by atoms with Crippen LogP contribution in [-0.2, 0) is 11.2 Å². The Morgan fingerprint density at radius 1 is 1.33 bits per heavy atom. The molecule has 0 unspecified atom stereocenters. The molecule has 18 heavy (non-hydrogen) atoms. The van der Waals surface area contributed by atoms with E-state index >= 15 is 0 Å². The summed E-state index contributed by atoms with van der Waals surface area (Å²) in [6.45, 7) is 4.04. The Bertz CT molecular complexity index is 534. The average molecular weight is 261 g/mol. The maximum absolute atomic E-state index is 11.7. The molecule has 0 aliphatic heterocycles. The van der Waals surface area contributed by atoms with E-state index in [0.717, 1.165) is 17.1 Å². The minimum atomic E-state index is -0.271. The fourth-order valence-electron chi connectivity index (χ4n) is 1.68. The Morgan fingerprint density at radius 3 is 2.72 bits per heavy atom. The highest BCUT2D eigenvalue weighted by atomic mass is 32.1. The van der Waals surface area contributed by atoms with Crippen molar-refractivity contribution in [3.05, 3.63) is 51.5 Å². The molecule has 0 aliphatic rings. The highest BCUT2D eigenvalue weighted by Gasteiger charge is 2.16. The molecule has 0 amide bonds. The van der Waals surface area contributed by atoms with Gasteiger partial charge < -0.3 is 4.74 Å². The van der Waals surface area contributed by atoms with E-state index in [1.807, 2.05) is 25.1 Å². The summed E-state index contributed by atoms with van der Waals surface area (Å²) in [5.74, 6) is -0.271. The van der Waals surface area contributed by atoms with Crippen LogP contribution in [0, 0.1) is 6.92 Å². The van der Waals surface area contributed by atoms with Crippen molar-refractivity contribution in [3.8, 4) is 0 Å². The van der Waals surface area contributed by atoms with Crippen LogP contribution >= 0.6 is 11.3 Å². The van der Waals surface area contributed by atoms with Gasteiger partial charge in [0.05, 0.1) is 17.3 Å². The molecule has 4 heteroatoms. The second-order valence-corrected chi connectivity index (χ2v) is 4.99. The van der Waals surface area contributed by atoms with Gasteiger partial charge >= 0.3 is 5.97 Å². The van der Waals surface area contributed by atoms with Gasteiger partial charge in [-0.3, -0.25) is 0 Å². The Kier molecular flexibility index (Phi) is 4.10. The van der Waals surface area contributed by atoms with Crippen LogP contribution in [0.15, 0.2) is 30.3 Å². The summed E-state index contributed by atoms with van der Waals surface area (Å²) in [6.07, 6.45) is 0.756. The molecule has 3 nitrogen and oxygen atoms in total. The molecule has 2 aromatic rings. The van der Waals surface area contributed by atoms with Gasteiger partial charge in [0.15, 0.2) is 0 Å². The highest BCUT2D eigenvalue weighted by Crippen LogP contribution is 2.21. The third-order valence-electron chi connectivity index (χ3n) is 2.50. The third kappa shape index (κ3) is 2.96. The Balaban J connectivity index is 2.16. The zero-order valence-electron chi connectivity index (χ0n) is 10.5. The average Bonchev–Trinajstić information content (AvgIpc) is 2.72. The monoisotopic (exact) mass is 261 g/mol. The number of hydrogen-bond acceptors (Lipinski definition) is 4. The minimum Gasteiger partial charge on any atom is -0.462 e. The van der Waals surface area contributed by atoms with Gasteiger partial charge in [0.25, 0.3) is 0 Å². The number of benzene rings is 1. The number of nitrogens with zero attached hydrogens (tertiary/aromatic N) is 1. The first kappa shape index (κ1) is 12.8. The van der Waals surface area contributed by atoms with Crippen LogP contribution in [-0.4, -0.2) is 17.6 Å². The van der Waals surface area contributed by atoms with E-state index in [9.17, 15) is 4.79 Å². The molecule has 94 valence electrons. The predicted molar refractivity (Wildman–Crippen MR) is 72.1 cm³/mol. The number of rotatable bonds is 4. The van der Waals surface area contributed by atoms with Crippen molar-refractivity contribution in [3.63, 3.8) is 0 Å². The van der Waals surface area contributed by atoms with Crippen molar-refractivity contribution in [1.29, 1.82) is 0 Å². The normalized spacial score (nSPS) is 10.3. The van der Waals surface area contributed by atoms with E-state index in [0.29, 0.717) is 11.5 Å². The molecule has 0 fully saturated rings. The molecule has 0 saturated heterocycles. The first-order valence-electron chi connectivity index (χ1n) is 5.88. The Labute approximate surface area is 110 Å². The smallest absolute Gasteiger partial charge is 0.350 e. The Hall–Kier alpha value is -1.68. The summed E-state index contributed by atoms with van der Waals surface area (Å²) in [5.41, 5.74) is 1.95. The molecule has 0 spiro atoms. The molecule has 0 saturated carbocycles. The lowest BCUT2D eigenvalue weighted by molar-refractivity contribution is 0.0531. The minimum absolute atomic E-state index is 0.271. The maximum atomic E-state index is 11.7. The molecule has 0 radical (unpaired) electrons. The van der Waals surface area contributed by atoms with Crippen LogP contribution in [0.25, 0.3) is 0 Å². The molecule has 1 aromatic carbocycles. The Morgan fingerprint density at radius 2 is 2.06 bits per heavy atom. The zero-order chi connectivity index (χ0) is 13.0. The lowest BCUT2D eigenvalue weighted by atomic mass is 10.2. The van der Waals surface area contributed by atoms with E-state index in [1.165, 1.54) is 16.9 Å².